The molecular formula is C14H22ClN3O2S. The van der Waals surface area contributed by atoms with E-state index in [4.69, 9.17) is 16.3 Å². The molecule has 0 saturated carbocycles. The van der Waals surface area contributed by atoms with Crippen molar-refractivity contribution >= 4 is 29.0 Å². The van der Waals surface area contributed by atoms with Gasteiger partial charge in [0.25, 0.3) is 0 Å². The average molecular weight is 332 g/mol. The first-order chi connectivity index (χ1) is 9.82. The third-order valence-corrected chi connectivity index (χ3v) is 4.31. The maximum atomic E-state index is 11.7. The molecular weight excluding hydrogens is 310 g/mol. The van der Waals surface area contributed by atoms with Gasteiger partial charge in [0.05, 0.1) is 0 Å². The summed E-state index contributed by atoms with van der Waals surface area (Å²) in [4.78, 5) is 19.3. The molecule has 2 rings (SSSR count). The Kier molecular flexibility index (Phi) is 5.46. The Balaban J connectivity index is 1.72. The van der Waals surface area contributed by atoms with Crippen LogP contribution < -0.4 is 5.32 Å². The van der Waals surface area contributed by atoms with E-state index in [1.165, 1.54) is 16.2 Å². The Morgan fingerprint density at radius 3 is 2.71 bits per heavy atom. The lowest BCUT2D eigenvalue weighted by Gasteiger charge is -2.32. The van der Waals surface area contributed by atoms with E-state index < -0.39 is 5.60 Å². The van der Waals surface area contributed by atoms with Gasteiger partial charge in [0.2, 0.25) is 0 Å². The molecule has 7 heteroatoms. The fourth-order valence-electron chi connectivity index (χ4n) is 2.29. The van der Waals surface area contributed by atoms with Crippen LogP contribution in [0.25, 0.3) is 0 Å². The summed E-state index contributed by atoms with van der Waals surface area (Å²) >= 11 is 7.36. The summed E-state index contributed by atoms with van der Waals surface area (Å²) in [7, 11) is 0. The van der Waals surface area contributed by atoms with Crippen molar-refractivity contribution in [3.63, 3.8) is 0 Å². The van der Waals surface area contributed by atoms with Gasteiger partial charge in [0.15, 0.2) is 4.47 Å². The summed E-state index contributed by atoms with van der Waals surface area (Å²) < 4.78 is 5.87. The smallest absolute Gasteiger partial charge is 0.407 e. The number of likely N-dealkylation sites (tertiary alicyclic amines) is 1. The highest BCUT2D eigenvalue weighted by Crippen LogP contribution is 2.21. The summed E-state index contributed by atoms with van der Waals surface area (Å²) in [6.07, 6.45) is 3.38. The second-order valence-electron chi connectivity index (χ2n) is 6.28. The van der Waals surface area contributed by atoms with Gasteiger partial charge < -0.3 is 10.1 Å². The molecule has 1 aromatic rings. The molecule has 2 heterocycles. The lowest BCUT2D eigenvalue weighted by molar-refractivity contribution is 0.0477. The van der Waals surface area contributed by atoms with Crippen molar-refractivity contribution in [3.05, 3.63) is 15.5 Å². The molecule has 0 atom stereocenters. The highest BCUT2D eigenvalue weighted by Gasteiger charge is 2.23. The number of halogens is 1. The summed E-state index contributed by atoms with van der Waals surface area (Å²) in [5.74, 6) is 0. The van der Waals surface area contributed by atoms with Crippen molar-refractivity contribution in [2.24, 2.45) is 0 Å². The standard InChI is InChI=1S/C14H22ClN3O2S/c1-14(2,3)20-13(19)17-10-4-6-18(7-5-10)9-11-8-16-12(15)21-11/h8,10H,4-7,9H2,1-3H3,(H,17,19). The van der Waals surface area contributed by atoms with E-state index in [-0.39, 0.29) is 12.1 Å². The van der Waals surface area contributed by atoms with Crippen LogP contribution in [0.1, 0.15) is 38.5 Å². The van der Waals surface area contributed by atoms with E-state index >= 15 is 0 Å². The maximum absolute atomic E-state index is 11.7. The number of alkyl carbamates (subject to hydrolysis) is 1. The first-order valence-electron chi connectivity index (χ1n) is 7.14. The van der Waals surface area contributed by atoms with Crippen LogP contribution in [-0.2, 0) is 11.3 Å². The van der Waals surface area contributed by atoms with Crippen LogP contribution in [0.15, 0.2) is 6.20 Å². The predicted octanol–water partition coefficient (Wildman–Crippen LogP) is 3.29. The maximum Gasteiger partial charge on any atom is 0.407 e. The van der Waals surface area contributed by atoms with Gasteiger partial charge in [-0.05, 0) is 33.6 Å². The van der Waals surface area contributed by atoms with Crippen molar-refractivity contribution in [3.8, 4) is 0 Å². The van der Waals surface area contributed by atoms with Crippen molar-refractivity contribution in [2.75, 3.05) is 13.1 Å². The molecule has 1 N–H and O–H groups in total. The second kappa shape index (κ2) is 6.94. The molecule has 1 aliphatic rings. The highest BCUT2D eigenvalue weighted by atomic mass is 35.5. The third kappa shape index (κ3) is 5.80. The van der Waals surface area contributed by atoms with Crippen LogP contribution in [0.3, 0.4) is 0 Å². The van der Waals surface area contributed by atoms with Gasteiger partial charge in [-0.25, -0.2) is 9.78 Å². The zero-order valence-corrected chi connectivity index (χ0v) is 14.3. The van der Waals surface area contributed by atoms with Crippen LogP contribution in [0.5, 0.6) is 0 Å². The number of thiazole rings is 1. The molecule has 0 bridgehead atoms. The molecule has 0 unspecified atom stereocenters. The van der Waals surface area contributed by atoms with Crippen molar-refractivity contribution < 1.29 is 9.53 Å². The number of carbonyl (C=O) groups excluding carboxylic acids is 1. The van der Waals surface area contributed by atoms with Gasteiger partial charge in [-0.15, -0.1) is 11.3 Å². The third-order valence-electron chi connectivity index (χ3n) is 3.21. The molecule has 118 valence electrons. The zero-order chi connectivity index (χ0) is 15.5. The number of nitrogens with zero attached hydrogens (tertiary/aromatic N) is 2. The monoisotopic (exact) mass is 331 g/mol. The van der Waals surface area contributed by atoms with Crippen molar-refractivity contribution in [1.82, 2.24) is 15.2 Å². The van der Waals surface area contributed by atoms with E-state index in [2.05, 4.69) is 15.2 Å². The molecule has 1 saturated heterocycles. The van der Waals surface area contributed by atoms with Crippen LogP contribution in [0.2, 0.25) is 4.47 Å². The Morgan fingerprint density at radius 2 is 2.19 bits per heavy atom. The number of piperidine rings is 1. The lowest BCUT2D eigenvalue weighted by atomic mass is 10.1. The van der Waals surface area contributed by atoms with Gasteiger partial charge in [-0.3, -0.25) is 4.90 Å². The number of amides is 1. The van der Waals surface area contributed by atoms with Gasteiger partial charge in [-0.2, -0.15) is 0 Å². The van der Waals surface area contributed by atoms with Gasteiger partial charge in [0.1, 0.15) is 5.60 Å². The minimum Gasteiger partial charge on any atom is -0.444 e. The van der Waals surface area contributed by atoms with Gasteiger partial charge >= 0.3 is 6.09 Å². The minimum atomic E-state index is -0.448. The number of nitrogens with one attached hydrogen (secondary N) is 1. The van der Waals surface area contributed by atoms with Gasteiger partial charge in [-0.1, -0.05) is 11.6 Å². The number of rotatable bonds is 3. The van der Waals surface area contributed by atoms with Crippen LogP contribution >= 0.6 is 22.9 Å². The number of hydrogen-bond donors (Lipinski definition) is 1. The number of ether oxygens (including phenoxy) is 1. The molecule has 0 aromatic carbocycles. The predicted molar refractivity (Wildman–Crippen MR) is 84.8 cm³/mol. The van der Waals surface area contributed by atoms with Crippen LogP contribution in [0, 0.1) is 0 Å². The van der Waals surface area contributed by atoms with E-state index in [9.17, 15) is 4.79 Å². The van der Waals surface area contributed by atoms with E-state index in [1.807, 2.05) is 27.0 Å². The fourth-order valence-corrected chi connectivity index (χ4v) is 3.31. The first kappa shape index (κ1) is 16.5. The number of aromatic nitrogens is 1. The first-order valence-corrected chi connectivity index (χ1v) is 8.33. The molecule has 0 spiro atoms. The summed E-state index contributed by atoms with van der Waals surface area (Å²) in [5.41, 5.74) is -0.448. The molecule has 5 nitrogen and oxygen atoms in total. The summed E-state index contributed by atoms with van der Waals surface area (Å²) in [6, 6.07) is 0.196. The van der Waals surface area contributed by atoms with Crippen molar-refractivity contribution in [2.45, 2.75) is 51.8 Å². The molecule has 0 aliphatic carbocycles. The second-order valence-corrected chi connectivity index (χ2v) is 7.97. The van der Waals surface area contributed by atoms with Crippen molar-refractivity contribution in [1.29, 1.82) is 0 Å². The number of carbonyl (C=O) groups is 1. The normalized spacial score (nSPS) is 17.7. The molecule has 21 heavy (non-hydrogen) atoms. The van der Waals surface area contributed by atoms with E-state index in [0.29, 0.717) is 4.47 Å². The Bertz CT molecular complexity index is 479. The topological polar surface area (TPSA) is 54.5 Å². The molecule has 0 radical (unpaired) electrons. The molecule has 1 fully saturated rings. The van der Waals surface area contributed by atoms with Gasteiger partial charge in [0, 0.05) is 36.8 Å². The zero-order valence-electron chi connectivity index (χ0n) is 12.7. The Labute approximate surface area is 134 Å². The SMILES string of the molecule is CC(C)(C)OC(=O)NC1CCN(Cc2cnc(Cl)s2)CC1. The average Bonchev–Trinajstić information content (AvgIpc) is 2.75. The highest BCUT2D eigenvalue weighted by molar-refractivity contribution is 7.15. The fraction of sp³-hybridized carbons (Fsp3) is 0.714. The van der Waals surface area contributed by atoms with Crippen LogP contribution in [0.4, 0.5) is 4.79 Å². The minimum absolute atomic E-state index is 0.196. The molecule has 1 amide bonds. The summed E-state index contributed by atoms with van der Waals surface area (Å²) in [5, 5.41) is 2.95. The quantitative estimate of drug-likeness (QED) is 0.923. The van der Waals surface area contributed by atoms with Crippen LogP contribution in [-0.4, -0.2) is 40.7 Å². The molecule has 1 aromatic heterocycles. The van der Waals surface area contributed by atoms with E-state index in [0.717, 1.165) is 32.5 Å². The molecule has 1 aliphatic heterocycles. The number of hydrogen-bond acceptors (Lipinski definition) is 5. The largest absolute Gasteiger partial charge is 0.444 e. The lowest BCUT2D eigenvalue weighted by Crippen LogP contribution is -2.45. The Morgan fingerprint density at radius 1 is 1.52 bits per heavy atom. The Hall–Kier alpha value is -0.850. The van der Waals surface area contributed by atoms with E-state index in [1.54, 1.807) is 0 Å². The summed E-state index contributed by atoms with van der Waals surface area (Å²) in [6.45, 7) is 8.40.